The molecule has 1 heterocycles. The molecule has 1 N–H and O–H groups in total. The van der Waals surface area contributed by atoms with Crippen LogP contribution in [0.3, 0.4) is 0 Å². The molecular weight excluding hydrogens is 343 g/mol. The van der Waals surface area contributed by atoms with Gasteiger partial charge in [0.1, 0.15) is 11.6 Å². The first-order valence-electron chi connectivity index (χ1n) is 9.53. The number of hydrogen-bond acceptors (Lipinski definition) is 3. The number of carbonyl (C=O) groups is 1. The van der Waals surface area contributed by atoms with Crippen LogP contribution in [0.1, 0.15) is 28.8 Å². The van der Waals surface area contributed by atoms with E-state index in [9.17, 15) is 9.18 Å². The predicted molar refractivity (Wildman–Crippen MR) is 105 cm³/mol. The third kappa shape index (κ3) is 5.54. The van der Waals surface area contributed by atoms with Gasteiger partial charge >= 0.3 is 0 Å². The fourth-order valence-corrected chi connectivity index (χ4v) is 3.56. The van der Waals surface area contributed by atoms with Crippen molar-refractivity contribution in [2.75, 3.05) is 33.3 Å². The maximum absolute atomic E-state index is 13.8. The van der Waals surface area contributed by atoms with Crippen LogP contribution in [0.4, 0.5) is 4.39 Å². The lowest BCUT2D eigenvalue weighted by Crippen LogP contribution is -2.40. The lowest BCUT2D eigenvalue weighted by atomic mass is 9.90. The number of carbonyl (C=O) groups excluding carboxylic acids is 1. The van der Waals surface area contributed by atoms with Gasteiger partial charge in [-0.05, 0) is 74.2 Å². The summed E-state index contributed by atoms with van der Waals surface area (Å²) in [5.41, 5.74) is 1.46. The summed E-state index contributed by atoms with van der Waals surface area (Å²) < 4.78 is 18.9. The van der Waals surface area contributed by atoms with Gasteiger partial charge in [0.15, 0.2) is 0 Å². The summed E-state index contributed by atoms with van der Waals surface area (Å²) >= 11 is 0. The number of piperidine rings is 1. The van der Waals surface area contributed by atoms with Gasteiger partial charge in [-0.15, -0.1) is 0 Å². The molecule has 0 atom stereocenters. The second-order valence-corrected chi connectivity index (χ2v) is 7.06. The number of rotatable bonds is 7. The van der Waals surface area contributed by atoms with Gasteiger partial charge in [-0.3, -0.25) is 4.79 Å². The molecule has 0 aromatic heterocycles. The first-order chi connectivity index (χ1) is 13.2. The standard InChI is InChI=1S/C22H27FN2O2/c1-27-20-8-6-18(7-9-20)22(26)24-12-15-25-13-10-17(11-14-25)16-19-4-2-3-5-21(19)23/h2-9,17H,10-16H2,1H3,(H,24,26). The van der Waals surface area contributed by atoms with Gasteiger partial charge < -0.3 is 15.0 Å². The van der Waals surface area contributed by atoms with Gasteiger partial charge in [0.25, 0.3) is 5.91 Å². The Kier molecular flexibility index (Phi) is 6.82. The minimum atomic E-state index is -0.0961. The SMILES string of the molecule is COc1ccc(C(=O)NCCN2CCC(Cc3ccccc3F)CC2)cc1. The third-order valence-corrected chi connectivity index (χ3v) is 5.24. The highest BCUT2D eigenvalue weighted by atomic mass is 19.1. The molecule has 5 heteroatoms. The van der Waals surface area contributed by atoms with Gasteiger partial charge in [0.05, 0.1) is 7.11 Å². The summed E-state index contributed by atoms with van der Waals surface area (Å²) in [4.78, 5) is 14.5. The maximum Gasteiger partial charge on any atom is 0.251 e. The first-order valence-corrected chi connectivity index (χ1v) is 9.53. The van der Waals surface area contributed by atoms with Crippen molar-refractivity contribution in [3.8, 4) is 5.75 Å². The molecule has 0 spiro atoms. The Balaban J connectivity index is 1.37. The minimum Gasteiger partial charge on any atom is -0.497 e. The molecule has 4 nitrogen and oxygen atoms in total. The van der Waals surface area contributed by atoms with E-state index in [1.54, 1.807) is 37.4 Å². The minimum absolute atomic E-state index is 0.0629. The highest BCUT2D eigenvalue weighted by molar-refractivity contribution is 5.94. The van der Waals surface area contributed by atoms with Crippen LogP contribution >= 0.6 is 0 Å². The van der Waals surface area contributed by atoms with Gasteiger partial charge in [-0.1, -0.05) is 18.2 Å². The zero-order valence-electron chi connectivity index (χ0n) is 15.8. The Hall–Kier alpha value is -2.40. The number of hydrogen-bond donors (Lipinski definition) is 1. The fraction of sp³-hybridized carbons (Fsp3) is 0.409. The molecule has 1 aliphatic rings. The molecule has 1 aliphatic heterocycles. The lowest BCUT2D eigenvalue weighted by molar-refractivity contribution is 0.0944. The number of nitrogens with zero attached hydrogens (tertiary/aromatic N) is 1. The molecule has 1 fully saturated rings. The lowest BCUT2D eigenvalue weighted by Gasteiger charge is -2.32. The van der Waals surface area contributed by atoms with Crippen LogP contribution in [-0.2, 0) is 6.42 Å². The summed E-state index contributed by atoms with van der Waals surface area (Å²) in [5.74, 6) is 1.12. The fourth-order valence-electron chi connectivity index (χ4n) is 3.56. The van der Waals surface area contributed by atoms with Crippen LogP contribution in [0.15, 0.2) is 48.5 Å². The summed E-state index contributed by atoms with van der Waals surface area (Å²) in [7, 11) is 1.61. The van der Waals surface area contributed by atoms with Gasteiger partial charge in [-0.25, -0.2) is 4.39 Å². The largest absolute Gasteiger partial charge is 0.497 e. The van der Waals surface area contributed by atoms with Crippen LogP contribution in [0.5, 0.6) is 5.75 Å². The Bertz CT molecular complexity index is 740. The van der Waals surface area contributed by atoms with Crippen LogP contribution in [-0.4, -0.2) is 44.1 Å². The van der Waals surface area contributed by atoms with Crippen LogP contribution in [0, 0.1) is 11.7 Å². The van der Waals surface area contributed by atoms with Crippen molar-refractivity contribution in [3.63, 3.8) is 0 Å². The number of amides is 1. The average molecular weight is 370 g/mol. The summed E-state index contributed by atoms with van der Waals surface area (Å²) in [6.45, 7) is 3.46. The van der Waals surface area contributed by atoms with Crippen molar-refractivity contribution >= 4 is 5.91 Å². The smallest absolute Gasteiger partial charge is 0.251 e. The second-order valence-electron chi connectivity index (χ2n) is 7.06. The number of halogens is 1. The molecule has 2 aromatic rings. The summed E-state index contributed by atoms with van der Waals surface area (Å²) in [5, 5.41) is 2.97. The normalized spacial score (nSPS) is 15.5. The number of benzene rings is 2. The van der Waals surface area contributed by atoms with E-state index in [-0.39, 0.29) is 11.7 Å². The molecule has 2 aromatic carbocycles. The van der Waals surface area contributed by atoms with E-state index in [4.69, 9.17) is 4.74 Å². The first kappa shape index (κ1) is 19.4. The highest BCUT2D eigenvalue weighted by Crippen LogP contribution is 2.22. The Morgan fingerprint density at radius 2 is 1.85 bits per heavy atom. The van der Waals surface area contributed by atoms with E-state index in [0.717, 1.165) is 50.2 Å². The van der Waals surface area contributed by atoms with E-state index in [0.29, 0.717) is 18.0 Å². The molecule has 1 amide bonds. The van der Waals surface area contributed by atoms with Crippen LogP contribution in [0.2, 0.25) is 0 Å². The zero-order chi connectivity index (χ0) is 19.1. The van der Waals surface area contributed by atoms with Crippen molar-refractivity contribution < 1.29 is 13.9 Å². The number of likely N-dealkylation sites (tertiary alicyclic amines) is 1. The van der Waals surface area contributed by atoms with Gasteiger partial charge in [-0.2, -0.15) is 0 Å². The molecule has 0 aliphatic carbocycles. The summed E-state index contributed by atoms with van der Waals surface area (Å²) in [6, 6.07) is 14.2. The van der Waals surface area contributed by atoms with Crippen molar-refractivity contribution in [1.29, 1.82) is 0 Å². The van der Waals surface area contributed by atoms with Gasteiger partial charge in [0, 0.05) is 18.7 Å². The monoisotopic (exact) mass is 370 g/mol. The molecule has 1 saturated heterocycles. The second kappa shape index (κ2) is 9.51. The van der Waals surface area contributed by atoms with E-state index in [1.165, 1.54) is 6.07 Å². The summed E-state index contributed by atoms with van der Waals surface area (Å²) in [6.07, 6.45) is 2.95. The van der Waals surface area contributed by atoms with Crippen molar-refractivity contribution in [1.82, 2.24) is 10.2 Å². The Morgan fingerprint density at radius 3 is 2.52 bits per heavy atom. The average Bonchev–Trinajstić information content (AvgIpc) is 2.71. The molecule has 0 saturated carbocycles. The molecule has 3 rings (SSSR count). The highest BCUT2D eigenvalue weighted by Gasteiger charge is 2.20. The zero-order valence-corrected chi connectivity index (χ0v) is 15.8. The molecule has 27 heavy (non-hydrogen) atoms. The molecular formula is C22H27FN2O2. The number of nitrogens with one attached hydrogen (secondary N) is 1. The Morgan fingerprint density at radius 1 is 1.15 bits per heavy atom. The van der Waals surface area contributed by atoms with Crippen molar-refractivity contribution in [2.24, 2.45) is 5.92 Å². The van der Waals surface area contributed by atoms with Crippen molar-refractivity contribution in [2.45, 2.75) is 19.3 Å². The van der Waals surface area contributed by atoms with E-state index in [2.05, 4.69) is 10.2 Å². The van der Waals surface area contributed by atoms with Gasteiger partial charge in [0.2, 0.25) is 0 Å². The maximum atomic E-state index is 13.8. The van der Waals surface area contributed by atoms with E-state index >= 15 is 0 Å². The van der Waals surface area contributed by atoms with E-state index < -0.39 is 0 Å². The van der Waals surface area contributed by atoms with Crippen LogP contribution < -0.4 is 10.1 Å². The Labute approximate surface area is 160 Å². The molecule has 0 radical (unpaired) electrons. The topological polar surface area (TPSA) is 41.6 Å². The molecule has 144 valence electrons. The number of ether oxygens (including phenoxy) is 1. The van der Waals surface area contributed by atoms with E-state index in [1.807, 2.05) is 12.1 Å². The van der Waals surface area contributed by atoms with Crippen molar-refractivity contribution in [3.05, 3.63) is 65.5 Å². The molecule has 0 unspecified atom stereocenters. The predicted octanol–water partition coefficient (Wildman–Crippen LogP) is 3.52. The molecule has 0 bridgehead atoms. The number of methoxy groups -OCH3 is 1. The van der Waals surface area contributed by atoms with Crippen LogP contribution in [0.25, 0.3) is 0 Å². The quantitative estimate of drug-likeness (QED) is 0.811. The third-order valence-electron chi connectivity index (χ3n) is 5.24.